The molecule has 0 fully saturated rings. The van der Waals surface area contributed by atoms with Crippen LogP contribution in [0.5, 0.6) is 11.5 Å². The van der Waals surface area contributed by atoms with E-state index < -0.39 is 0 Å². The molecule has 4 heterocycles. The first-order valence-electron chi connectivity index (χ1n) is 30.9. The lowest BCUT2D eigenvalue weighted by Crippen LogP contribution is -2.01. The highest BCUT2D eigenvalue weighted by atomic mass is 32.1. The van der Waals surface area contributed by atoms with Crippen LogP contribution < -0.4 is 9.47 Å². The first-order chi connectivity index (χ1) is 40.8. The van der Waals surface area contributed by atoms with Gasteiger partial charge in [-0.15, -0.1) is 45.3 Å². The van der Waals surface area contributed by atoms with Crippen LogP contribution in [-0.2, 0) is 25.7 Å². The molecule has 0 aliphatic heterocycles. The van der Waals surface area contributed by atoms with E-state index in [9.17, 15) is 0 Å². The molecular weight excluding hydrogens is 1100 g/mol. The van der Waals surface area contributed by atoms with Crippen LogP contribution in [0.2, 0.25) is 0 Å². The smallest absolute Gasteiger partial charge is 0.127 e. The molecule has 0 unspecified atom stereocenters. The molecule has 416 valence electrons. The maximum atomic E-state index is 6.14. The van der Waals surface area contributed by atoms with Crippen molar-refractivity contribution in [3.8, 4) is 11.5 Å². The first-order valence-corrected chi connectivity index (χ1v) is 34.2. The van der Waals surface area contributed by atoms with Crippen LogP contribution in [0, 0.1) is 0 Å². The van der Waals surface area contributed by atoms with E-state index in [1.165, 1.54) is 219 Å². The zero-order valence-corrected chi connectivity index (χ0v) is 53.1. The van der Waals surface area contributed by atoms with Crippen molar-refractivity contribution in [2.24, 2.45) is 0 Å². The molecule has 0 amide bonds. The molecule has 0 spiro atoms. The molecule has 0 saturated heterocycles. The highest BCUT2D eigenvalue weighted by Gasteiger charge is 2.27. The fourth-order valence-corrected chi connectivity index (χ4v) is 20.5. The Balaban J connectivity index is 0.000000133. The Hall–Kier alpha value is -6.80. The number of thiophene rings is 4. The average molecular weight is 1170 g/mol. The van der Waals surface area contributed by atoms with E-state index in [1.807, 2.05) is 45.3 Å². The average Bonchev–Trinajstić information content (AvgIpc) is 1.42. The van der Waals surface area contributed by atoms with Gasteiger partial charge in [0, 0.05) is 124 Å². The minimum Gasteiger partial charge on any atom is -0.496 e. The highest BCUT2D eigenvalue weighted by Crippen LogP contribution is 2.55. The molecule has 0 bridgehead atoms. The van der Waals surface area contributed by atoms with Crippen LogP contribution in [0.25, 0.3) is 145 Å². The summed E-state index contributed by atoms with van der Waals surface area (Å²) < 4.78 is 23.5. The van der Waals surface area contributed by atoms with Crippen molar-refractivity contribution in [2.75, 3.05) is 14.2 Å². The second-order valence-corrected chi connectivity index (χ2v) is 30.4. The minimum absolute atomic E-state index is 0.457. The van der Waals surface area contributed by atoms with Crippen LogP contribution in [0.3, 0.4) is 0 Å². The third-order valence-electron chi connectivity index (χ3n) is 20.0. The van der Waals surface area contributed by atoms with Crippen LogP contribution in [-0.4, -0.2) is 14.2 Å². The Morgan fingerprint density at radius 2 is 0.607 bits per heavy atom. The van der Waals surface area contributed by atoms with Gasteiger partial charge in [-0.25, -0.2) is 0 Å². The summed E-state index contributed by atoms with van der Waals surface area (Å²) in [6.07, 6.45) is 10.3. The van der Waals surface area contributed by atoms with Crippen molar-refractivity contribution in [3.05, 3.63) is 154 Å². The van der Waals surface area contributed by atoms with Crippen molar-refractivity contribution in [2.45, 2.75) is 130 Å². The summed E-state index contributed by atoms with van der Waals surface area (Å²) in [5.74, 6) is 3.74. The first kappa shape index (κ1) is 51.6. The zero-order valence-electron chi connectivity index (χ0n) is 49.8. The van der Waals surface area contributed by atoms with E-state index in [-0.39, 0.29) is 0 Å². The molecule has 12 aromatic carbocycles. The summed E-state index contributed by atoms with van der Waals surface area (Å²) in [6.45, 7) is 18.6. The van der Waals surface area contributed by atoms with Crippen LogP contribution in [0.1, 0.15) is 149 Å². The van der Waals surface area contributed by atoms with Crippen LogP contribution in [0.4, 0.5) is 0 Å². The summed E-state index contributed by atoms with van der Waals surface area (Å²) in [5.41, 5.74) is 12.1. The maximum Gasteiger partial charge on any atom is 0.127 e. The SMILES string of the molecule is CC(C)c1cc2c3sc4cc5c(cc4c3cc3c(C(C)C)cc4c6sc7cc8c(cc7c6cc1c4c32)CCCC8)CCCC5.COc1cc2c3sc4ccc(C(C)C)cc4c3cc3c(OC)cc4c5sc6ccc(C(C)C)cc6c5cc1c4c32. The number of fused-ring (bicyclic) bond motifs is 18. The van der Waals surface area contributed by atoms with Crippen molar-refractivity contribution in [1.82, 2.24) is 0 Å². The molecule has 2 aliphatic rings. The third kappa shape index (κ3) is 7.36. The van der Waals surface area contributed by atoms with Gasteiger partial charge in [-0.3, -0.25) is 0 Å². The van der Waals surface area contributed by atoms with Gasteiger partial charge in [0.25, 0.3) is 0 Å². The predicted octanol–water partition coefficient (Wildman–Crippen LogP) is 24.9. The largest absolute Gasteiger partial charge is 0.496 e. The standard InChI is InChI=1S/C42H38S2.C36H30O2S2/c1-21(2)27-17-35-40-32(20-34-30-14-24-10-6-8-12-26(24)16-38(30)43-41(34)35)28(22(3)4)18-36-39(40)31(27)19-33-29-13-23-9-5-7-11-25(23)15-37(29)44-42(33)36;1-17(2)19-7-9-31-21(11-19)23-13-25-29(37-5)16-28-34-26(30(38-6)15-27(33(25)34)35(23)39-31)14-24-22-12-20(18(3)4)8-10-32(22)40-36(24)28/h13-22H,5-12H2,1-4H3;7-18H,1-6H3. The van der Waals surface area contributed by atoms with Crippen LogP contribution >= 0.6 is 45.3 Å². The van der Waals surface area contributed by atoms with Gasteiger partial charge in [0.1, 0.15) is 11.5 Å². The number of hydrogen-bond donors (Lipinski definition) is 0. The second kappa shape index (κ2) is 18.8. The summed E-state index contributed by atoms with van der Waals surface area (Å²) in [6, 6.07) is 43.8. The fourth-order valence-electron chi connectivity index (χ4n) is 15.6. The van der Waals surface area contributed by atoms with E-state index in [4.69, 9.17) is 9.47 Å². The van der Waals surface area contributed by atoms with E-state index in [1.54, 1.807) is 36.5 Å². The Morgan fingerprint density at radius 1 is 0.286 bits per heavy atom. The molecule has 2 aliphatic carbocycles. The Morgan fingerprint density at radius 3 is 0.964 bits per heavy atom. The lowest BCUT2D eigenvalue weighted by molar-refractivity contribution is 0.419. The number of rotatable bonds is 6. The fraction of sp³-hybridized carbons (Fsp3) is 0.282. The Labute approximate surface area is 506 Å². The van der Waals surface area contributed by atoms with Gasteiger partial charge >= 0.3 is 0 Å². The topological polar surface area (TPSA) is 18.5 Å². The molecule has 0 saturated carbocycles. The molecule has 18 rings (SSSR count). The number of aryl methyl sites for hydroxylation is 4. The van der Waals surface area contributed by atoms with Gasteiger partial charge in [-0.2, -0.15) is 0 Å². The predicted molar refractivity (Wildman–Crippen MR) is 375 cm³/mol. The van der Waals surface area contributed by atoms with E-state index in [0.717, 1.165) is 11.5 Å². The normalized spacial score (nSPS) is 14.4. The molecule has 0 atom stereocenters. The summed E-state index contributed by atoms with van der Waals surface area (Å²) in [7, 11) is 3.60. The minimum atomic E-state index is 0.457. The molecule has 16 aromatic rings. The Bertz CT molecular complexity index is 5140. The van der Waals surface area contributed by atoms with Gasteiger partial charge in [0.2, 0.25) is 0 Å². The monoisotopic (exact) mass is 1160 g/mol. The number of benzene rings is 12. The van der Waals surface area contributed by atoms with Crippen molar-refractivity contribution in [3.63, 3.8) is 0 Å². The summed E-state index contributed by atoms with van der Waals surface area (Å²) >= 11 is 7.86. The number of methoxy groups -OCH3 is 2. The lowest BCUT2D eigenvalue weighted by atomic mass is 9.82. The second-order valence-electron chi connectivity index (χ2n) is 26.2. The molecule has 84 heavy (non-hydrogen) atoms. The third-order valence-corrected chi connectivity index (χ3v) is 24.8. The van der Waals surface area contributed by atoms with Gasteiger partial charge in [0.15, 0.2) is 0 Å². The lowest BCUT2D eigenvalue weighted by Gasteiger charge is -2.21. The van der Waals surface area contributed by atoms with Crippen LogP contribution in [0.15, 0.2) is 109 Å². The van der Waals surface area contributed by atoms with Crippen molar-refractivity contribution < 1.29 is 9.47 Å². The highest BCUT2D eigenvalue weighted by molar-refractivity contribution is 7.28. The molecule has 0 N–H and O–H groups in total. The van der Waals surface area contributed by atoms with E-state index in [2.05, 4.69) is 165 Å². The molecule has 0 radical (unpaired) electrons. The van der Waals surface area contributed by atoms with Crippen molar-refractivity contribution >= 4 is 191 Å². The summed E-state index contributed by atoms with van der Waals surface area (Å²) in [5, 5.41) is 27.4. The summed E-state index contributed by atoms with van der Waals surface area (Å²) in [4.78, 5) is 0. The maximum absolute atomic E-state index is 6.14. The van der Waals surface area contributed by atoms with Gasteiger partial charge in [0.05, 0.1) is 14.2 Å². The van der Waals surface area contributed by atoms with E-state index in [0.29, 0.717) is 23.7 Å². The number of ether oxygens (including phenoxy) is 2. The zero-order chi connectivity index (χ0) is 56.9. The quantitative estimate of drug-likeness (QED) is 0.155. The molecule has 6 heteroatoms. The van der Waals surface area contributed by atoms with Gasteiger partial charge in [-0.1, -0.05) is 67.5 Å². The van der Waals surface area contributed by atoms with Gasteiger partial charge in [-0.05, 0) is 238 Å². The molecule has 2 nitrogen and oxygen atoms in total. The Kier molecular flexibility index (Phi) is 11.6. The van der Waals surface area contributed by atoms with Crippen molar-refractivity contribution in [1.29, 1.82) is 0 Å². The molecular formula is C78H68O2S4. The number of hydrogen-bond acceptors (Lipinski definition) is 6. The molecule has 4 aromatic heterocycles. The van der Waals surface area contributed by atoms with Gasteiger partial charge < -0.3 is 9.47 Å². The van der Waals surface area contributed by atoms with E-state index >= 15 is 0 Å².